The number of rotatable bonds is 5. The fourth-order valence-corrected chi connectivity index (χ4v) is 2.51. The van der Waals surface area contributed by atoms with Gasteiger partial charge in [0.25, 0.3) is 5.69 Å². The third-order valence-electron chi connectivity index (χ3n) is 3.43. The minimum Gasteiger partial charge on any atom is -0.261 e. The van der Waals surface area contributed by atoms with E-state index >= 15 is 0 Å². The van der Waals surface area contributed by atoms with Crippen molar-refractivity contribution in [3.8, 4) is 11.4 Å². The molecule has 0 aliphatic carbocycles. The van der Waals surface area contributed by atoms with Crippen molar-refractivity contribution in [3.05, 3.63) is 80.4 Å². The maximum Gasteiger partial charge on any atom is 0.270 e. The monoisotopic (exact) mass is 411 g/mol. The number of anilines is 1. The largest absolute Gasteiger partial charge is 0.270 e. The molecule has 2 aromatic carbocycles. The molecule has 0 saturated heterocycles. The van der Waals surface area contributed by atoms with Crippen molar-refractivity contribution in [1.29, 1.82) is 0 Å². The molecule has 0 aliphatic heterocycles. The van der Waals surface area contributed by atoms with Gasteiger partial charge in [-0.1, -0.05) is 40.2 Å². The molecule has 0 radical (unpaired) electrons. The van der Waals surface area contributed by atoms with Gasteiger partial charge in [-0.05, 0) is 19.1 Å². The van der Waals surface area contributed by atoms with Crippen LogP contribution in [0.4, 0.5) is 11.5 Å². The van der Waals surface area contributed by atoms with Crippen LogP contribution in [0.2, 0.25) is 0 Å². The number of non-ortho nitro benzene ring substituents is 1. The number of hydrogen-bond donors (Lipinski definition) is 1. The standard InChI is InChI=1S/C18H14BrN5O2/c1-12-9-17(22-18(21-12)14-5-7-15(19)8-6-14)23-20-11-13-3-2-4-16(10-13)24(25)26/h2-11H,1H3,(H,21,22,23). The molecular formula is C18H14BrN5O2. The Hall–Kier alpha value is -3.13. The Balaban J connectivity index is 1.79. The fourth-order valence-electron chi connectivity index (χ4n) is 2.25. The first-order valence-corrected chi connectivity index (χ1v) is 8.46. The lowest BCUT2D eigenvalue weighted by Gasteiger charge is -2.05. The van der Waals surface area contributed by atoms with Crippen LogP contribution in [0.1, 0.15) is 11.3 Å². The van der Waals surface area contributed by atoms with Crippen LogP contribution in [-0.2, 0) is 0 Å². The maximum absolute atomic E-state index is 10.8. The van der Waals surface area contributed by atoms with Crippen molar-refractivity contribution >= 4 is 33.6 Å². The normalized spacial score (nSPS) is 10.8. The predicted molar refractivity (Wildman–Crippen MR) is 104 cm³/mol. The summed E-state index contributed by atoms with van der Waals surface area (Å²) in [5.41, 5.74) is 5.17. The van der Waals surface area contributed by atoms with Crippen molar-refractivity contribution in [3.63, 3.8) is 0 Å². The Bertz CT molecular complexity index is 974. The lowest BCUT2D eigenvalue weighted by atomic mass is 10.2. The second kappa shape index (κ2) is 7.83. The Labute approximate surface area is 158 Å². The third kappa shape index (κ3) is 4.48. The van der Waals surface area contributed by atoms with Gasteiger partial charge in [-0.2, -0.15) is 5.10 Å². The average molecular weight is 412 g/mol. The van der Waals surface area contributed by atoms with Crippen LogP contribution >= 0.6 is 15.9 Å². The Kier molecular flexibility index (Phi) is 5.33. The molecule has 3 aromatic rings. The number of aryl methyl sites for hydroxylation is 1. The summed E-state index contributed by atoms with van der Waals surface area (Å²) in [5, 5.41) is 14.9. The minimum absolute atomic E-state index is 0.0179. The van der Waals surface area contributed by atoms with Crippen molar-refractivity contribution < 1.29 is 4.92 Å². The van der Waals surface area contributed by atoms with E-state index in [0.717, 1.165) is 15.7 Å². The highest BCUT2D eigenvalue weighted by Gasteiger charge is 2.06. The van der Waals surface area contributed by atoms with Gasteiger partial charge in [0.05, 0.1) is 11.1 Å². The van der Waals surface area contributed by atoms with Gasteiger partial charge in [0.1, 0.15) is 0 Å². The summed E-state index contributed by atoms with van der Waals surface area (Å²) in [6, 6.07) is 15.7. The molecule has 130 valence electrons. The summed E-state index contributed by atoms with van der Waals surface area (Å²) in [6.45, 7) is 1.87. The second-order valence-corrected chi connectivity index (χ2v) is 6.36. The number of aromatic nitrogens is 2. The van der Waals surface area contributed by atoms with Gasteiger partial charge in [-0.25, -0.2) is 9.97 Å². The zero-order chi connectivity index (χ0) is 18.5. The number of nitrogens with one attached hydrogen (secondary N) is 1. The Morgan fingerprint density at radius 1 is 1.15 bits per heavy atom. The molecule has 8 heteroatoms. The maximum atomic E-state index is 10.8. The molecule has 0 bridgehead atoms. The van der Waals surface area contributed by atoms with Crippen LogP contribution in [-0.4, -0.2) is 21.1 Å². The summed E-state index contributed by atoms with van der Waals surface area (Å²) in [4.78, 5) is 19.3. The van der Waals surface area contributed by atoms with Gasteiger partial charge in [0.2, 0.25) is 0 Å². The molecular weight excluding hydrogens is 398 g/mol. The molecule has 7 nitrogen and oxygen atoms in total. The van der Waals surface area contributed by atoms with Gasteiger partial charge < -0.3 is 0 Å². The number of halogens is 1. The van der Waals surface area contributed by atoms with Crippen molar-refractivity contribution in [2.75, 3.05) is 5.43 Å². The zero-order valence-corrected chi connectivity index (χ0v) is 15.3. The summed E-state index contributed by atoms with van der Waals surface area (Å²) in [7, 11) is 0. The molecule has 26 heavy (non-hydrogen) atoms. The first kappa shape index (κ1) is 17.7. The SMILES string of the molecule is Cc1cc(NN=Cc2cccc([N+](=O)[O-])c2)nc(-c2ccc(Br)cc2)n1. The number of nitrogens with zero attached hydrogens (tertiary/aromatic N) is 4. The van der Waals surface area contributed by atoms with Gasteiger partial charge in [-0.15, -0.1) is 0 Å². The van der Waals surface area contributed by atoms with Crippen LogP contribution < -0.4 is 5.43 Å². The summed E-state index contributed by atoms with van der Waals surface area (Å²) in [5.74, 6) is 1.13. The molecule has 0 spiro atoms. The van der Waals surface area contributed by atoms with E-state index in [2.05, 4.69) is 36.4 Å². The third-order valence-corrected chi connectivity index (χ3v) is 3.96. The average Bonchev–Trinajstić information content (AvgIpc) is 2.62. The summed E-state index contributed by atoms with van der Waals surface area (Å²) in [6.07, 6.45) is 1.50. The molecule has 0 saturated carbocycles. The van der Waals surface area contributed by atoms with E-state index < -0.39 is 4.92 Å². The fraction of sp³-hybridized carbons (Fsp3) is 0.0556. The van der Waals surface area contributed by atoms with Gasteiger partial charge >= 0.3 is 0 Å². The topological polar surface area (TPSA) is 93.3 Å². The molecule has 0 fully saturated rings. The van der Waals surface area contributed by atoms with Crippen LogP contribution in [0, 0.1) is 17.0 Å². The second-order valence-electron chi connectivity index (χ2n) is 5.45. The summed E-state index contributed by atoms with van der Waals surface area (Å²) < 4.78 is 0.980. The molecule has 1 N–H and O–H groups in total. The highest BCUT2D eigenvalue weighted by Crippen LogP contribution is 2.20. The lowest BCUT2D eigenvalue weighted by molar-refractivity contribution is -0.384. The van der Waals surface area contributed by atoms with Crippen LogP contribution in [0.25, 0.3) is 11.4 Å². The van der Waals surface area contributed by atoms with E-state index in [4.69, 9.17) is 0 Å². The smallest absolute Gasteiger partial charge is 0.261 e. The number of nitro benzene ring substituents is 1. The lowest BCUT2D eigenvalue weighted by Crippen LogP contribution is -1.99. The molecule has 1 aromatic heterocycles. The van der Waals surface area contributed by atoms with E-state index in [0.29, 0.717) is 17.2 Å². The van der Waals surface area contributed by atoms with E-state index in [1.165, 1.54) is 18.3 Å². The highest BCUT2D eigenvalue weighted by atomic mass is 79.9. The molecule has 3 rings (SSSR count). The predicted octanol–water partition coefficient (Wildman–Crippen LogP) is 4.57. The molecule has 1 heterocycles. The van der Waals surface area contributed by atoms with Gasteiger partial charge in [0.15, 0.2) is 11.6 Å². The number of nitro groups is 1. The molecule has 0 unspecified atom stereocenters. The quantitative estimate of drug-likeness (QED) is 0.377. The number of benzene rings is 2. The van der Waals surface area contributed by atoms with E-state index in [1.807, 2.05) is 31.2 Å². The van der Waals surface area contributed by atoms with Crippen LogP contribution in [0.3, 0.4) is 0 Å². The molecule has 0 atom stereocenters. The van der Waals surface area contributed by atoms with E-state index in [1.54, 1.807) is 18.2 Å². The first-order valence-electron chi connectivity index (χ1n) is 7.66. The molecule has 0 amide bonds. The van der Waals surface area contributed by atoms with Crippen molar-refractivity contribution in [2.45, 2.75) is 6.92 Å². The highest BCUT2D eigenvalue weighted by molar-refractivity contribution is 9.10. The van der Waals surface area contributed by atoms with Crippen LogP contribution in [0.5, 0.6) is 0 Å². The Morgan fingerprint density at radius 2 is 1.92 bits per heavy atom. The molecule has 0 aliphatic rings. The number of hydrazone groups is 1. The van der Waals surface area contributed by atoms with Gasteiger partial charge in [-0.3, -0.25) is 15.5 Å². The van der Waals surface area contributed by atoms with E-state index in [-0.39, 0.29) is 5.69 Å². The van der Waals surface area contributed by atoms with Crippen molar-refractivity contribution in [1.82, 2.24) is 9.97 Å². The van der Waals surface area contributed by atoms with Gasteiger partial charge in [0, 0.05) is 39.5 Å². The van der Waals surface area contributed by atoms with Crippen LogP contribution in [0.15, 0.2) is 64.2 Å². The Morgan fingerprint density at radius 3 is 2.65 bits per heavy atom. The number of hydrogen-bond acceptors (Lipinski definition) is 6. The van der Waals surface area contributed by atoms with Crippen molar-refractivity contribution in [2.24, 2.45) is 5.10 Å². The first-order chi connectivity index (χ1) is 12.5. The minimum atomic E-state index is -0.441. The summed E-state index contributed by atoms with van der Waals surface area (Å²) >= 11 is 3.40. The van der Waals surface area contributed by atoms with E-state index in [9.17, 15) is 10.1 Å². The zero-order valence-electron chi connectivity index (χ0n) is 13.8.